The molecule has 0 bridgehead atoms. The Kier molecular flexibility index (Phi) is 3.14. The van der Waals surface area contributed by atoms with Gasteiger partial charge in [0.05, 0.1) is 5.56 Å². The number of benzene rings is 2. The predicted octanol–water partition coefficient (Wildman–Crippen LogP) is 3.18. The zero-order valence-corrected chi connectivity index (χ0v) is 8.69. The highest BCUT2D eigenvalue weighted by molar-refractivity contribution is 5.90. The van der Waals surface area contributed by atoms with Gasteiger partial charge >= 0.3 is 5.97 Å². The van der Waals surface area contributed by atoms with Crippen molar-refractivity contribution >= 4 is 5.97 Å². The Balaban J connectivity index is 2.14. The average molecular weight is 234 g/mol. The molecular formula is C13H8F2O2. The van der Waals surface area contributed by atoms with Crippen LogP contribution in [-0.4, -0.2) is 5.97 Å². The first-order valence-electron chi connectivity index (χ1n) is 4.88. The fraction of sp³-hybridized carbons (Fsp3) is 0. The van der Waals surface area contributed by atoms with Crippen LogP contribution in [-0.2, 0) is 0 Å². The lowest BCUT2D eigenvalue weighted by molar-refractivity contribution is 0.0734. The van der Waals surface area contributed by atoms with Crippen molar-refractivity contribution in [3.63, 3.8) is 0 Å². The van der Waals surface area contributed by atoms with Crippen LogP contribution >= 0.6 is 0 Å². The first kappa shape index (κ1) is 11.3. The molecule has 0 aromatic heterocycles. The number of ether oxygens (including phenoxy) is 1. The maximum atomic E-state index is 12.9. The van der Waals surface area contributed by atoms with E-state index in [1.165, 1.54) is 42.5 Å². The Labute approximate surface area is 96.5 Å². The van der Waals surface area contributed by atoms with Crippen molar-refractivity contribution in [1.82, 2.24) is 0 Å². The van der Waals surface area contributed by atoms with E-state index in [1.54, 1.807) is 0 Å². The molecule has 0 radical (unpaired) electrons. The van der Waals surface area contributed by atoms with E-state index in [-0.39, 0.29) is 11.3 Å². The molecule has 4 heteroatoms. The van der Waals surface area contributed by atoms with Crippen LogP contribution in [0.1, 0.15) is 10.4 Å². The van der Waals surface area contributed by atoms with Gasteiger partial charge in [0.25, 0.3) is 0 Å². The number of esters is 1. The number of carbonyl (C=O) groups excluding carboxylic acids is 1. The van der Waals surface area contributed by atoms with E-state index >= 15 is 0 Å². The summed E-state index contributed by atoms with van der Waals surface area (Å²) >= 11 is 0. The summed E-state index contributed by atoms with van der Waals surface area (Å²) in [7, 11) is 0. The van der Waals surface area contributed by atoms with E-state index in [9.17, 15) is 13.6 Å². The molecule has 0 aliphatic carbocycles. The van der Waals surface area contributed by atoms with Crippen LogP contribution in [0.25, 0.3) is 0 Å². The number of hydrogen-bond donors (Lipinski definition) is 0. The Morgan fingerprint density at radius 2 is 1.65 bits per heavy atom. The second-order valence-electron chi connectivity index (χ2n) is 3.35. The lowest BCUT2D eigenvalue weighted by atomic mass is 10.2. The molecular weight excluding hydrogens is 226 g/mol. The van der Waals surface area contributed by atoms with Gasteiger partial charge in [-0.15, -0.1) is 0 Å². The minimum Gasteiger partial charge on any atom is -0.423 e. The summed E-state index contributed by atoms with van der Waals surface area (Å²) in [5.74, 6) is -1.41. The Morgan fingerprint density at radius 1 is 0.941 bits per heavy atom. The van der Waals surface area contributed by atoms with E-state index in [0.29, 0.717) is 0 Å². The monoisotopic (exact) mass is 234 g/mol. The third-order valence-corrected chi connectivity index (χ3v) is 2.08. The largest absolute Gasteiger partial charge is 0.423 e. The molecule has 0 saturated heterocycles. The number of hydrogen-bond acceptors (Lipinski definition) is 2. The SMILES string of the molecule is O=C(Oc1ccc(F)cc1)c1cccc(F)c1. The molecule has 0 unspecified atom stereocenters. The molecule has 86 valence electrons. The van der Waals surface area contributed by atoms with E-state index in [2.05, 4.69) is 0 Å². The maximum Gasteiger partial charge on any atom is 0.343 e. The topological polar surface area (TPSA) is 26.3 Å². The molecule has 0 saturated carbocycles. The molecule has 0 aliphatic heterocycles. The second kappa shape index (κ2) is 4.74. The zero-order chi connectivity index (χ0) is 12.3. The van der Waals surface area contributed by atoms with Gasteiger partial charge in [-0.05, 0) is 42.5 Å². The third-order valence-electron chi connectivity index (χ3n) is 2.08. The van der Waals surface area contributed by atoms with E-state index in [4.69, 9.17) is 4.74 Å². The van der Waals surface area contributed by atoms with E-state index in [1.807, 2.05) is 0 Å². The fourth-order valence-corrected chi connectivity index (χ4v) is 1.28. The van der Waals surface area contributed by atoms with Crippen LogP contribution in [0.5, 0.6) is 5.75 Å². The lowest BCUT2D eigenvalue weighted by Gasteiger charge is -2.03. The quantitative estimate of drug-likeness (QED) is 0.589. The molecule has 0 fully saturated rings. The summed E-state index contributed by atoms with van der Waals surface area (Å²) in [5.41, 5.74) is 0.106. The van der Waals surface area contributed by atoms with Crippen LogP contribution < -0.4 is 4.74 Å². The summed E-state index contributed by atoms with van der Waals surface area (Å²) in [5, 5.41) is 0. The summed E-state index contributed by atoms with van der Waals surface area (Å²) in [6, 6.07) is 10.2. The first-order chi connectivity index (χ1) is 8.15. The average Bonchev–Trinajstić information content (AvgIpc) is 2.32. The standard InChI is InChI=1S/C13H8F2O2/c14-10-4-6-12(7-5-10)17-13(16)9-2-1-3-11(15)8-9/h1-8H. The van der Waals surface area contributed by atoms with Gasteiger partial charge in [-0.2, -0.15) is 0 Å². The Hall–Kier alpha value is -2.23. The molecule has 2 aromatic carbocycles. The highest BCUT2D eigenvalue weighted by Crippen LogP contribution is 2.14. The minimum absolute atomic E-state index is 0.106. The number of rotatable bonds is 2. The Morgan fingerprint density at radius 3 is 2.29 bits per heavy atom. The minimum atomic E-state index is -0.684. The molecule has 0 aliphatic rings. The van der Waals surface area contributed by atoms with Crippen molar-refractivity contribution in [2.45, 2.75) is 0 Å². The van der Waals surface area contributed by atoms with E-state index < -0.39 is 17.6 Å². The van der Waals surface area contributed by atoms with Gasteiger partial charge in [-0.1, -0.05) is 6.07 Å². The van der Waals surface area contributed by atoms with Gasteiger partial charge in [0, 0.05) is 0 Å². The normalized spacial score (nSPS) is 10.0. The Bertz CT molecular complexity index is 535. The van der Waals surface area contributed by atoms with Crippen molar-refractivity contribution in [3.8, 4) is 5.75 Å². The molecule has 2 rings (SSSR count). The van der Waals surface area contributed by atoms with Crippen molar-refractivity contribution in [2.75, 3.05) is 0 Å². The van der Waals surface area contributed by atoms with Crippen LogP contribution in [0.15, 0.2) is 48.5 Å². The highest BCUT2D eigenvalue weighted by Gasteiger charge is 2.09. The summed E-state index contributed by atoms with van der Waals surface area (Å²) in [6.07, 6.45) is 0. The van der Waals surface area contributed by atoms with E-state index in [0.717, 1.165) is 6.07 Å². The molecule has 2 aromatic rings. The first-order valence-corrected chi connectivity index (χ1v) is 4.88. The third kappa shape index (κ3) is 2.87. The summed E-state index contributed by atoms with van der Waals surface area (Å²) in [6.45, 7) is 0. The summed E-state index contributed by atoms with van der Waals surface area (Å²) in [4.78, 5) is 11.6. The molecule has 0 amide bonds. The van der Waals surface area contributed by atoms with Gasteiger partial charge in [-0.3, -0.25) is 0 Å². The predicted molar refractivity (Wildman–Crippen MR) is 57.8 cm³/mol. The van der Waals surface area contributed by atoms with Crippen LogP contribution in [0, 0.1) is 11.6 Å². The van der Waals surface area contributed by atoms with Gasteiger partial charge in [0.1, 0.15) is 17.4 Å². The summed E-state index contributed by atoms with van der Waals surface area (Å²) < 4.78 is 30.4. The van der Waals surface area contributed by atoms with Gasteiger partial charge in [-0.25, -0.2) is 13.6 Å². The van der Waals surface area contributed by atoms with Crippen molar-refractivity contribution in [3.05, 3.63) is 65.7 Å². The zero-order valence-electron chi connectivity index (χ0n) is 8.69. The van der Waals surface area contributed by atoms with Gasteiger partial charge in [0.2, 0.25) is 0 Å². The fourth-order valence-electron chi connectivity index (χ4n) is 1.28. The molecule has 0 atom stereocenters. The molecule has 0 spiro atoms. The smallest absolute Gasteiger partial charge is 0.343 e. The molecule has 17 heavy (non-hydrogen) atoms. The second-order valence-corrected chi connectivity index (χ2v) is 3.35. The van der Waals surface area contributed by atoms with Crippen molar-refractivity contribution < 1.29 is 18.3 Å². The van der Waals surface area contributed by atoms with Gasteiger partial charge in [0.15, 0.2) is 0 Å². The molecule has 0 N–H and O–H groups in total. The number of carbonyl (C=O) groups is 1. The van der Waals surface area contributed by atoms with Crippen LogP contribution in [0.4, 0.5) is 8.78 Å². The maximum absolute atomic E-state index is 12.9. The number of halogens is 2. The molecule has 0 heterocycles. The lowest BCUT2D eigenvalue weighted by Crippen LogP contribution is -2.08. The van der Waals surface area contributed by atoms with Crippen molar-refractivity contribution in [2.24, 2.45) is 0 Å². The van der Waals surface area contributed by atoms with Crippen LogP contribution in [0.2, 0.25) is 0 Å². The van der Waals surface area contributed by atoms with Gasteiger partial charge < -0.3 is 4.74 Å². The molecule has 2 nitrogen and oxygen atoms in total. The highest BCUT2D eigenvalue weighted by atomic mass is 19.1. The van der Waals surface area contributed by atoms with Crippen LogP contribution in [0.3, 0.4) is 0 Å². The van der Waals surface area contributed by atoms with Crippen molar-refractivity contribution in [1.29, 1.82) is 0 Å².